The predicted octanol–water partition coefficient (Wildman–Crippen LogP) is 4.67. The number of benzene rings is 2. The number of hydrogen-bond acceptors (Lipinski definition) is 1. The predicted molar refractivity (Wildman–Crippen MR) is 82.0 cm³/mol. The molecule has 0 aliphatic heterocycles. The van der Waals surface area contributed by atoms with Gasteiger partial charge in [0.05, 0.1) is 0 Å². The Hall–Kier alpha value is -1.34. The topological polar surface area (TPSA) is 26.0 Å². The molecule has 0 spiro atoms. The first-order valence-corrected chi connectivity index (χ1v) is 7.49. The van der Waals surface area contributed by atoms with Crippen LogP contribution in [0.15, 0.2) is 42.5 Å². The van der Waals surface area contributed by atoms with Gasteiger partial charge in [0, 0.05) is 6.04 Å². The van der Waals surface area contributed by atoms with Crippen molar-refractivity contribution >= 4 is 10.8 Å². The molecule has 3 rings (SSSR count). The Kier molecular flexibility index (Phi) is 3.56. The molecule has 1 aliphatic carbocycles. The molecule has 1 heteroatoms. The van der Waals surface area contributed by atoms with Crippen LogP contribution in [0.2, 0.25) is 0 Å². The molecule has 1 saturated carbocycles. The zero-order chi connectivity index (χ0) is 13.2. The summed E-state index contributed by atoms with van der Waals surface area (Å²) in [4.78, 5) is 0. The van der Waals surface area contributed by atoms with Crippen LogP contribution < -0.4 is 5.73 Å². The molecule has 0 amide bonds. The minimum absolute atomic E-state index is 0.193. The fourth-order valence-corrected chi connectivity index (χ4v) is 3.44. The largest absolute Gasteiger partial charge is 0.324 e. The summed E-state index contributed by atoms with van der Waals surface area (Å²) in [6.07, 6.45) is 5.24. The molecule has 0 bridgehead atoms. The van der Waals surface area contributed by atoms with Gasteiger partial charge in [0.25, 0.3) is 0 Å². The highest BCUT2D eigenvalue weighted by Crippen LogP contribution is 2.37. The van der Waals surface area contributed by atoms with E-state index in [9.17, 15) is 0 Å². The van der Waals surface area contributed by atoms with Crippen LogP contribution in [0.5, 0.6) is 0 Å². The van der Waals surface area contributed by atoms with E-state index in [4.69, 9.17) is 5.73 Å². The lowest BCUT2D eigenvalue weighted by atomic mass is 9.77. The molecule has 1 fully saturated rings. The molecule has 1 aliphatic rings. The van der Waals surface area contributed by atoms with E-state index in [1.807, 2.05) is 0 Å². The van der Waals surface area contributed by atoms with Crippen LogP contribution in [-0.2, 0) is 0 Å². The van der Waals surface area contributed by atoms with Crippen LogP contribution in [-0.4, -0.2) is 0 Å². The van der Waals surface area contributed by atoms with Crippen LogP contribution in [0.1, 0.15) is 44.2 Å². The highest BCUT2D eigenvalue weighted by atomic mass is 14.7. The van der Waals surface area contributed by atoms with Gasteiger partial charge in [-0.05, 0) is 41.0 Å². The summed E-state index contributed by atoms with van der Waals surface area (Å²) in [7, 11) is 0. The maximum absolute atomic E-state index is 6.58. The summed E-state index contributed by atoms with van der Waals surface area (Å²) in [6, 6.07) is 15.3. The van der Waals surface area contributed by atoms with Crippen molar-refractivity contribution < 1.29 is 0 Å². The van der Waals surface area contributed by atoms with Crippen molar-refractivity contribution in [2.24, 2.45) is 17.6 Å². The summed E-state index contributed by atoms with van der Waals surface area (Å²) in [6.45, 7) is 2.36. The maximum atomic E-state index is 6.58. The third kappa shape index (κ3) is 2.52. The van der Waals surface area contributed by atoms with Crippen LogP contribution >= 0.6 is 0 Å². The van der Waals surface area contributed by atoms with Gasteiger partial charge in [-0.2, -0.15) is 0 Å². The van der Waals surface area contributed by atoms with Gasteiger partial charge in [-0.3, -0.25) is 0 Å². The van der Waals surface area contributed by atoms with Crippen LogP contribution in [0.4, 0.5) is 0 Å². The molecule has 2 aromatic carbocycles. The Morgan fingerprint density at radius 3 is 2.42 bits per heavy atom. The third-order valence-corrected chi connectivity index (χ3v) is 4.75. The van der Waals surface area contributed by atoms with Crippen LogP contribution in [0, 0.1) is 11.8 Å². The van der Waals surface area contributed by atoms with Gasteiger partial charge in [-0.1, -0.05) is 62.2 Å². The van der Waals surface area contributed by atoms with E-state index in [0.29, 0.717) is 5.92 Å². The lowest BCUT2D eigenvalue weighted by Crippen LogP contribution is -2.25. The van der Waals surface area contributed by atoms with Gasteiger partial charge < -0.3 is 5.73 Å². The Bertz CT molecular complexity index is 547. The van der Waals surface area contributed by atoms with Crippen LogP contribution in [0.3, 0.4) is 0 Å². The fourth-order valence-electron chi connectivity index (χ4n) is 3.44. The maximum Gasteiger partial charge on any atom is 0.0329 e. The normalized spacial score (nSPS) is 25.4. The Morgan fingerprint density at radius 2 is 1.63 bits per heavy atom. The Morgan fingerprint density at radius 1 is 0.947 bits per heavy atom. The SMILES string of the molecule is CC1CCC(C(N)c2cccc3ccccc23)CC1. The summed E-state index contributed by atoms with van der Waals surface area (Å²) < 4.78 is 0. The van der Waals surface area contributed by atoms with Gasteiger partial charge in [0.1, 0.15) is 0 Å². The van der Waals surface area contributed by atoms with E-state index < -0.39 is 0 Å². The van der Waals surface area contributed by atoms with Gasteiger partial charge in [0.2, 0.25) is 0 Å². The first-order valence-electron chi connectivity index (χ1n) is 7.49. The first kappa shape index (κ1) is 12.7. The third-order valence-electron chi connectivity index (χ3n) is 4.75. The molecule has 100 valence electrons. The molecule has 0 heterocycles. The summed E-state index contributed by atoms with van der Waals surface area (Å²) in [5, 5.41) is 2.63. The molecule has 2 aromatic rings. The van der Waals surface area contributed by atoms with Gasteiger partial charge in [-0.25, -0.2) is 0 Å². The molecule has 19 heavy (non-hydrogen) atoms. The average Bonchev–Trinajstić information content (AvgIpc) is 2.47. The average molecular weight is 253 g/mol. The van der Waals surface area contributed by atoms with E-state index in [2.05, 4.69) is 49.4 Å². The fraction of sp³-hybridized carbons (Fsp3) is 0.444. The smallest absolute Gasteiger partial charge is 0.0329 e. The lowest BCUT2D eigenvalue weighted by molar-refractivity contribution is 0.257. The van der Waals surface area contributed by atoms with E-state index >= 15 is 0 Å². The first-order chi connectivity index (χ1) is 9.25. The van der Waals surface area contributed by atoms with E-state index in [0.717, 1.165) is 5.92 Å². The molecular weight excluding hydrogens is 230 g/mol. The van der Waals surface area contributed by atoms with Crippen LogP contribution in [0.25, 0.3) is 10.8 Å². The van der Waals surface area contributed by atoms with Gasteiger partial charge >= 0.3 is 0 Å². The number of fused-ring (bicyclic) bond motifs is 1. The summed E-state index contributed by atoms with van der Waals surface area (Å²) in [5.74, 6) is 1.54. The monoisotopic (exact) mass is 253 g/mol. The van der Waals surface area contributed by atoms with Crippen molar-refractivity contribution in [3.63, 3.8) is 0 Å². The minimum atomic E-state index is 0.193. The molecule has 0 aromatic heterocycles. The lowest BCUT2D eigenvalue weighted by Gasteiger charge is -2.31. The van der Waals surface area contributed by atoms with Crippen molar-refractivity contribution in [3.05, 3.63) is 48.0 Å². The van der Waals surface area contributed by atoms with E-state index in [1.54, 1.807) is 0 Å². The molecule has 1 atom stereocenters. The van der Waals surface area contributed by atoms with Gasteiger partial charge in [0.15, 0.2) is 0 Å². The van der Waals surface area contributed by atoms with E-state index in [1.165, 1.54) is 42.0 Å². The molecule has 1 unspecified atom stereocenters. The highest BCUT2D eigenvalue weighted by Gasteiger charge is 2.25. The van der Waals surface area contributed by atoms with E-state index in [-0.39, 0.29) is 6.04 Å². The van der Waals surface area contributed by atoms with Gasteiger partial charge in [-0.15, -0.1) is 0 Å². The molecule has 0 saturated heterocycles. The highest BCUT2D eigenvalue weighted by molar-refractivity contribution is 5.86. The Labute approximate surface area is 115 Å². The molecular formula is C18H23N. The van der Waals surface area contributed by atoms with Crippen molar-refractivity contribution in [1.82, 2.24) is 0 Å². The second-order valence-electron chi connectivity index (χ2n) is 6.11. The zero-order valence-electron chi connectivity index (χ0n) is 11.7. The Balaban J connectivity index is 1.91. The van der Waals surface area contributed by atoms with Crippen molar-refractivity contribution in [1.29, 1.82) is 0 Å². The number of rotatable bonds is 2. The second kappa shape index (κ2) is 5.34. The second-order valence-corrected chi connectivity index (χ2v) is 6.11. The standard InChI is InChI=1S/C18H23N/c1-13-9-11-15(12-10-13)18(19)17-8-4-6-14-5-2-3-7-16(14)17/h2-8,13,15,18H,9-12,19H2,1H3. The number of hydrogen-bond donors (Lipinski definition) is 1. The molecule has 2 N–H and O–H groups in total. The molecule has 0 radical (unpaired) electrons. The zero-order valence-corrected chi connectivity index (χ0v) is 11.7. The minimum Gasteiger partial charge on any atom is -0.324 e. The van der Waals surface area contributed by atoms with Crippen molar-refractivity contribution in [2.75, 3.05) is 0 Å². The summed E-state index contributed by atoms with van der Waals surface area (Å²) >= 11 is 0. The molecule has 1 nitrogen and oxygen atoms in total. The summed E-state index contributed by atoms with van der Waals surface area (Å²) in [5.41, 5.74) is 7.91. The van der Waals surface area contributed by atoms with Crippen molar-refractivity contribution in [3.8, 4) is 0 Å². The van der Waals surface area contributed by atoms with Crippen molar-refractivity contribution in [2.45, 2.75) is 38.6 Å². The quantitative estimate of drug-likeness (QED) is 0.827. The number of nitrogens with two attached hydrogens (primary N) is 1.